The molecule has 1 atom stereocenters. The Morgan fingerprint density at radius 1 is 0.944 bits per heavy atom. The average molecular weight is 504 g/mol. The number of nitro benzene ring substituents is 1. The van der Waals surface area contributed by atoms with Crippen molar-refractivity contribution in [2.45, 2.75) is 49.2 Å². The fourth-order valence-corrected chi connectivity index (χ4v) is 5.48. The molecule has 2 amide bonds. The van der Waals surface area contributed by atoms with Crippen molar-refractivity contribution >= 4 is 40.6 Å². The normalized spacial score (nSPS) is 14.6. The van der Waals surface area contributed by atoms with E-state index in [-0.39, 0.29) is 23.4 Å². The Kier molecular flexibility index (Phi) is 8.38. The molecule has 0 heterocycles. The highest BCUT2D eigenvalue weighted by Gasteiger charge is 2.24. The molecule has 1 aliphatic carbocycles. The number of carbonyl (C=O) groups excluding carboxylic acids is 2. The molecule has 0 radical (unpaired) electrons. The van der Waals surface area contributed by atoms with E-state index >= 15 is 0 Å². The lowest BCUT2D eigenvalue weighted by Crippen LogP contribution is -2.24. The van der Waals surface area contributed by atoms with Gasteiger partial charge in [0.25, 0.3) is 5.69 Å². The van der Waals surface area contributed by atoms with Gasteiger partial charge in [0.15, 0.2) is 0 Å². The van der Waals surface area contributed by atoms with Crippen molar-refractivity contribution < 1.29 is 14.5 Å². The summed E-state index contributed by atoms with van der Waals surface area (Å²) in [6.07, 6.45) is 5.24. The summed E-state index contributed by atoms with van der Waals surface area (Å²) in [5.41, 5.74) is 2.67. The average Bonchev–Trinajstić information content (AvgIpc) is 2.89. The molecule has 4 rings (SSSR count). The van der Waals surface area contributed by atoms with Gasteiger partial charge in [-0.2, -0.15) is 0 Å². The molecule has 0 bridgehead atoms. The number of hydrogen-bond acceptors (Lipinski definition) is 5. The van der Waals surface area contributed by atoms with E-state index in [2.05, 4.69) is 10.6 Å². The molecule has 0 aliphatic heterocycles. The number of carbonyl (C=O) groups is 2. The monoisotopic (exact) mass is 503 g/mol. The van der Waals surface area contributed by atoms with Gasteiger partial charge in [0.05, 0.1) is 4.92 Å². The largest absolute Gasteiger partial charge is 0.326 e. The van der Waals surface area contributed by atoms with Crippen LogP contribution in [-0.2, 0) is 9.59 Å². The second kappa shape index (κ2) is 11.9. The molecule has 8 heteroatoms. The van der Waals surface area contributed by atoms with Crippen LogP contribution in [0.15, 0.2) is 77.7 Å². The number of hydrogen-bond donors (Lipinski definition) is 2. The summed E-state index contributed by atoms with van der Waals surface area (Å²) < 4.78 is 0. The third-order valence-corrected chi connectivity index (χ3v) is 7.60. The van der Waals surface area contributed by atoms with Crippen molar-refractivity contribution in [2.75, 3.05) is 10.6 Å². The van der Waals surface area contributed by atoms with Crippen molar-refractivity contribution in [2.24, 2.45) is 5.92 Å². The second-order valence-corrected chi connectivity index (χ2v) is 10.2. The quantitative estimate of drug-likeness (QED) is 0.198. The van der Waals surface area contributed by atoms with Crippen LogP contribution in [0, 0.1) is 23.0 Å². The first kappa shape index (κ1) is 25.4. The van der Waals surface area contributed by atoms with E-state index in [1.807, 2.05) is 54.6 Å². The van der Waals surface area contributed by atoms with E-state index in [0.29, 0.717) is 16.9 Å². The molecule has 3 aromatic rings. The number of nitrogens with one attached hydrogen (secondary N) is 2. The smallest absolute Gasteiger partial charge is 0.269 e. The van der Waals surface area contributed by atoms with Gasteiger partial charge in [-0.3, -0.25) is 19.7 Å². The van der Waals surface area contributed by atoms with Gasteiger partial charge < -0.3 is 10.6 Å². The number of nitrogens with zero attached hydrogens (tertiary/aromatic N) is 1. The fourth-order valence-electron chi connectivity index (χ4n) is 4.39. The standard InChI is InChI=1S/C28H29N3O4S/c1-19-17-23(31(34)35)15-16-25(19)30-28(33)26(20-9-4-2-5-10-20)36-24-14-8-13-22(18-24)29-27(32)21-11-6-3-7-12-21/h2,4-5,8-10,13-18,21,26H,3,6-7,11-12H2,1H3,(H,29,32)(H,30,33). The molecule has 36 heavy (non-hydrogen) atoms. The van der Waals surface area contributed by atoms with E-state index in [1.165, 1.54) is 30.3 Å². The number of non-ortho nitro benzene ring substituents is 1. The molecule has 2 N–H and O–H groups in total. The molecule has 186 valence electrons. The lowest BCUT2D eigenvalue weighted by Gasteiger charge is -2.21. The van der Waals surface area contributed by atoms with Crippen LogP contribution >= 0.6 is 11.8 Å². The lowest BCUT2D eigenvalue weighted by atomic mass is 9.88. The minimum Gasteiger partial charge on any atom is -0.326 e. The number of nitro groups is 1. The summed E-state index contributed by atoms with van der Waals surface area (Å²) in [6.45, 7) is 1.73. The number of aryl methyl sites for hydroxylation is 1. The summed E-state index contributed by atoms with van der Waals surface area (Å²) in [5, 5.41) is 16.5. The summed E-state index contributed by atoms with van der Waals surface area (Å²) in [5.74, 6) is -0.120. The Morgan fingerprint density at radius 3 is 2.39 bits per heavy atom. The molecule has 1 unspecified atom stereocenters. The van der Waals surface area contributed by atoms with E-state index in [9.17, 15) is 19.7 Å². The second-order valence-electron chi connectivity index (χ2n) is 9.01. The van der Waals surface area contributed by atoms with Crippen LogP contribution in [0.1, 0.15) is 48.5 Å². The van der Waals surface area contributed by atoms with Gasteiger partial charge in [0.1, 0.15) is 5.25 Å². The lowest BCUT2D eigenvalue weighted by molar-refractivity contribution is -0.384. The van der Waals surface area contributed by atoms with Crippen molar-refractivity contribution in [1.29, 1.82) is 0 Å². The Hall–Kier alpha value is -3.65. The first-order valence-corrected chi connectivity index (χ1v) is 13.0. The highest BCUT2D eigenvalue weighted by atomic mass is 32.2. The van der Waals surface area contributed by atoms with Crippen LogP contribution < -0.4 is 10.6 Å². The van der Waals surface area contributed by atoms with Crippen molar-refractivity contribution in [3.63, 3.8) is 0 Å². The topological polar surface area (TPSA) is 101 Å². The van der Waals surface area contributed by atoms with E-state index < -0.39 is 10.2 Å². The maximum absolute atomic E-state index is 13.4. The van der Waals surface area contributed by atoms with E-state index in [1.54, 1.807) is 13.0 Å². The zero-order valence-corrected chi connectivity index (χ0v) is 20.9. The zero-order valence-electron chi connectivity index (χ0n) is 20.1. The highest BCUT2D eigenvalue weighted by molar-refractivity contribution is 8.00. The van der Waals surface area contributed by atoms with Crippen LogP contribution in [-0.4, -0.2) is 16.7 Å². The Labute approximate surface area is 214 Å². The number of anilines is 2. The predicted octanol–water partition coefficient (Wildman–Crippen LogP) is 6.89. The maximum Gasteiger partial charge on any atom is 0.269 e. The Bertz CT molecular complexity index is 1240. The van der Waals surface area contributed by atoms with Crippen LogP contribution in [0.25, 0.3) is 0 Å². The molecule has 0 spiro atoms. The zero-order chi connectivity index (χ0) is 25.5. The van der Waals surface area contributed by atoms with E-state index in [4.69, 9.17) is 0 Å². The van der Waals surface area contributed by atoms with Gasteiger partial charge in [0, 0.05) is 34.3 Å². The summed E-state index contributed by atoms with van der Waals surface area (Å²) >= 11 is 1.39. The SMILES string of the molecule is Cc1cc([N+](=O)[O-])ccc1NC(=O)C(Sc1cccc(NC(=O)C2CCCCC2)c1)c1ccccc1. The molecule has 1 saturated carbocycles. The van der Waals surface area contributed by atoms with Gasteiger partial charge >= 0.3 is 0 Å². The third-order valence-electron chi connectivity index (χ3n) is 6.35. The summed E-state index contributed by atoms with van der Waals surface area (Å²) in [4.78, 5) is 37.6. The molecule has 1 fully saturated rings. The van der Waals surface area contributed by atoms with Gasteiger partial charge in [-0.05, 0) is 55.2 Å². The molecule has 7 nitrogen and oxygen atoms in total. The van der Waals surface area contributed by atoms with Gasteiger partial charge in [-0.25, -0.2) is 0 Å². The molecular weight excluding hydrogens is 474 g/mol. The van der Waals surface area contributed by atoms with E-state index in [0.717, 1.165) is 36.1 Å². The predicted molar refractivity (Wildman–Crippen MR) is 143 cm³/mol. The van der Waals surface area contributed by atoms with Crippen LogP contribution in [0.2, 0.25) is 0 Å². The molecule has 3 aromatic carbocycles. The molecular formula is C28H29N3O4S. The van der Waals surface area contributed by atoms with Gasteiger partial charge in [0.2, 0.25) is 11.8 Å². The third kappa shape index (κ3) is 6.51. The molecule has 1 aliphatic rings. The first-order chi connectivity index (χ1) is 17.4. The maximum atomic E-state index is 13.4. The Morgan fingerprint density at radius 2 is 1.69 bits per heavy atom. The van der Waals surface area contributed by atoms with Crippen molar-refractivity contribution in [1.82, 2.24) is 0 Å². The van der Waals surface area contributed by atoms with Crippen LogP contribution in [0.3, 0.4) is 0 Å². The Balaban J connectivity index is 1.52. The minimum absolute atomic E-state index is 0.0217. The van der Waals surface area contributed by atoms with Crippen LogP contribution in [0.4, 0.5) is 17.1 Å². The van der Waals surface area contributed by atoms with Gasteiger partial charge in [-0.1, -0.05) is 55.7 Å². The number of thioether (sulfide) groups is 1. The first-order valence-electron chi connectivity index (χ1n) is 12.1. The number of amides is 2. The summed E-state index contributed by atoms with van der Waals surface area (Å²) in [7, 11) is 0. The van der Waals surface area contributed by atoms with Crippen molar-refractivity contribution in [3.05, 3.63) is 94.0 Å². The number of benzene rings is 3. The van der Waals surface area contributed by atoms with Crippen molar-refractivity contribution in [3.8, 4) is 0 Å². The summed E-state index contributed by atoms with van der Waals surface area (Å²) in [6, 6.07) is 21.4. The number of rotatable bonds is 8. The molecule has 0 saturated heterocycles. The van der Waals surface area contributed by atoms with Crippen LogP contribution in [0.5, 0.6) is 0 Å². The highest BCUT2D eigenvalue weighted by Crippen LogP contribution is 2.38. The van der Waals surface area contributed by atoms with Gasteiger partial charge in [-0.15, -0.1) is 11.8 Å². The molecule has 0 aromatic heterocycles. The minimum atomic E-state index is -0.565. The fraction of sp³-hybridized carbons (Fsp3) is 0.286.